The van der Waals surface area contributed by atoms with Crippen LogP contribution in [0.15, 0.2) is 54.0 Å². The summed E-state index contributed by atoms with van der Waals surface area (Å²) in [5.74, 6) is 0.233. The number of pyridine rings is 1. The maximum atomic E-state index is 12.0. The van der Waals surface area contributed by atoms with Crippen molar-refractivity contribution in [2.75, 3.05) is 0 Å². The first-order valence-corrected chi connectivity index (χ1v) is 8.48. The third-order valence-electron chi connectivity index (χ3n) is 2.79. The summed E-state index contributed by atoms with van der Waals surface area (Å²) in [4.78, 5) is 20.6. The minimum absolute atomic E-state index is 0.148. The van der Waals surface area contributed by atoms with Crippen LogP contribution in [-0.4, -0.2) is 15.9 Å². The topological polar surface area (TPSA) is 52.1 Å². The number of halogens is 1. The van der Waals surface area contributed by atoms with E-state index in [9.17, 15) is 4.79 Å². The zero-order valence-electron chi connectivity index (χ0n) is 11.4. The highest BCUT2D eigenvalue weighted by atomic mass is 127. The lowest BCUT2D eigenvalue weighted by Crippen LogP contribution is -2.11. The van der Waals surface area contributed by atoms with Gasteiger partial charge in [0.15, 0.2) is 0 Å². The Kier molecular flexibility index (Phi) is 4.79. The quantitative estimate of drug-likeness (QED) is 0.363. The molecule has 0 saturated heterocycles. The Bertz CT molecular complexity index is 790. The number of aromatic nitrogens is 2. The van der Waals surface area contributed by atoms with Crippen LogP contribution in [0, 0.1) is 3.57 Å². The molecule has 0 atom stereocenters. The molecule has 0 unspecified atom stereocenters. The van der Waals surface area contributed by atoms with Crippen molar-refractivity contribution in [3.8, 4) is 16.5 Å². The lowest BCUT2D eigenvalue weighted by molar-refractivity contribution is -0.133. The molecule has 4 nitrogen and oxygen atoms in total. The molecule has 0 spiro atoms. The summed E-state index contributed by atoms with van der Waals surface area (Å²) in [7, 11) is 0. The summed E-state index contributed by atoms with van der Waals surface area (Å²) in [6.45, 7) is 0. The molecule has 3 rings (SSSR count). The van der Waals surface area contributed by atoms with Crippen LogP contribution in [0.25, 0.3) is 10.7 Å². The molecular weight excluding hydrogens is 411 g/mol. The first-order chi connectivity index (χ1) is 10.7. The van der Waals surface area contributed by atoms with Gasteiger partial charge < -0.3 is 4.74 Å². The Morgan fingerprint density at radius 3 is 2.91 bits per heavy atom. The second kappa shape index (κ2) is 6.97. The van der Waals surface area contributed by atoms with Gasteiger partial charge in [-0.25, -0.2) is 4.98 Å². The number of ether oxygens (including phenoxy) is 1. The molecule has 0 fully saturated rings. The maximum absolute atomic E-state index is 12.0. The molecule has 0 saturated carbocycles. The van der Waals surface area contributed by atoms with Gasteiger partial charge in [-0.05, 0) is 52.9 Å². The Labute approximate surface area is 145 Å². The van der Waals surface area contributed by atoms with Crippen molar-refractivity contribution in [3.05, 3.63) is 63.3 Å². The van der Waals surface area contributed by atoms with Crippen molar-refractivity contribution < 1.29 is 9.53 Å². The minimum atomic E-state index is -0.320. The minimum Gasteiger partial charge on any atom is -0.426 e. The molecule has 0 N–H and O–H groups in total. The van der Waals surface area contributed by atoms with Crippen LogP contribution in [0.1, 0.15) is 5.69 Å². The largest absolute Gasteiger partial charge is 0.426 e. The van der Waals surface area contributed by atoms with E-state index in [1.54, 1.807) is 12.3 Å². The number of thiazole rings is 1. The molecule has 22 heavy (non-hydrogen) atoms. The summed E-state index contributed by atoms with van der Waals surface area (Å²) in [5, 5.41) is 2.66. The normalized spacial score (nSPS) is 10.4. The van der Waals surface area contributed by atoms with Crippen LogP contribution >= 0.6 is 33.9 Å². The zero-order valence-corrected chi connectivity index (χ0v) is 14.4. The van der Waals surface area contributed by atoms with Crippen molar-refractivity contribution in [2.45, 2.75) is 6.42 Å². The van der Waals surface area contributed by atoms with Crippen LogP contribution in [0.4, 0.5) is 0 Å². The highest BCUT2D eigenvalue weighted by Crippen LogP contribution is 2.22. The van der Waals surface area contributed by atoms with Crippen LogP contribution in [0.3, 0.4) is 0 Å². The highest BCUT2D eigenvalue weighted by Gasteiger charge is 2.11. The fourth-order valence-electron chi connectivity index (χ4n) is 1.84. The average Bonchev–Trinajstić information content (AvgIpc) is 2.96. The molecular formula is C16H11IN2O2S. The third-order valence-corrected chi connectivity index (χ3v) is 4.37. The van der Waals surface area contributed by atoms with Crippen LogP contribution in [0.5, 0.6) is 5.75 Å². The molecule has 0 aliphatic heterocycles. The van der Waals surface area contributed by atoms with Gasteiger partial charge >= 0.3 is 5.97 Å². The van der Waals surface area contributed by atoms with E-state index in [4.69, 9.17) is 4.74 Å². The van der Waals surface area contributed by atoms with E-state index in [0.29, 0.717) is 11.4 Å². The zero-order chi connectivity index (χ0) is 15.4. The Morgan fingerprint density at radius 2 is 2.14 bits per heavy atom. The summed E-state index contributed by atoms with van der Waals surface area (Å²) >= 11 is 3.65. The van der Waals surface area contributed by atoms with Crippen LogP contribution < -0.4 is 4.74 Å². The first-order valence-electron chi connectivity index (χ1n) is 6.53. The fraction of sp³-hybridized carbons (Fsp3) is 0.0625. The average molecular weight is 422 g/mol. The molecule has 0 aliphatic rings. The number of hydrogen-bond acceptors (Lipinski definition) is 5. The molecule has 2 aromatic heterocycles. The van der Waals surface area contributed by atoms with Gasteiger partial charge in [-0.3, -0.25) is 9.78 Å². The Morgan fingerprint density at radius 1 is 1.23 bits per heavy atom. The maximum Gasteiger partial charge on any atom is 0.317 e. The van der Waals surface area contributed by atoms with E-state index in [-0.39, 0.29) is 12.4 Å². The monoisotopic (exact) mass is 422 g/mol. The van der Waals surface area contributed by atoms with E-state index in [1.807, 2.05) is 41.8 Å². The number of hydrogen-bond donors (Lipinski definition) is 0. The van der Waals surface area contributed by atoms with Gasteiger partial charge in [0.1, 0.15) is 10.8 Å². The Hall–Kier alpha value is -1.80. The van der Waals surface area contributed by atoms with Gasteiger partial charge in [-0.15, -0.1) is 11.3 Å². The molecule has 2 heterocycles. The molecule has 3 aromatic rings. The van der Waals surface area contributed by atoms with Crippen molar-refractivity contribution in [1.82, 2.24) is 9.97 Å². The molecule has 1 aromatic carbocycles. The summed E-state index contributed by atoms with van der Waals surface area (Å²) in [5.41, 5.74) is 1.51. The fourth-order valence-corrected chi connectivity index (χ4v) is 3.15. The van der Waals surface area contributed by atoms with Crippen molar-refractivity contribution in [3.63, 3.8) is 0 Å². The van der Waals surface area contributed by atoms with Crippen LogP contribution in [-0.2, 0) is 11.2 Å². The first kappa shape index (κ1) is 15.1. The molecule has 110 valence electrons. The highest BCUT2D eigenvalue weighted by molar-refractivity contribution is 14.1. The van der Waals surface area contributed by atoms with E-state index < -0.39 is 0 Å². The van der Waals surface area contributed by atoms with E-state index in [1.165, 1.54) is 11.3 Å². The van der Waals surface area contributed by atoms with E-state index in [2.05, 4.69) is 32.6 Å². The van der Waals surface area contributed by atoms with Gasteiger partial charge in [0.2, 0.25) is 0 Å². The molecule has 6 heteroatoms. The molecule has 0 bridgehead atoms. The summed E-state index contributed by atoms with van der Waals surface area (Å²) in [6.07, 6.45) is 1.87. The SMILES string of the molecule is O=C(Cc1csc(-c2ccccn2)n1)Oc1cccc(I)c1. The van der Waals surface area contributed by atoms with Gasteiger partial charge in [0.05, 0.1) is 17.8 Å². The van der Waals surface area contributed by atoms with Crippen molar-refractivity contribution in [1.29, 1.82) is 0 Å². The van der Waals surface area contributed by atoms with Gasteiger partial charge in [-0.1, -0.05) is 12.1 Å². The van der Waals surface area contributed by atoms with E-state index in [0.717, 1.165) is 14.3 Å². The van der Waals surface area contributed by atoms with Crippen molar-refractivity contribution in [2.24, 2.45) is 0 Å². The summed E-state index contributed by atoms with van der Waals surface area (Å²) in [6, 6.07) is 13.0. The third kappa shape index (κ3) is 3.89. The number of carbonyl (C=O) groups excluding carboxylic acids is 1. The number of nitrogens with zero attached hydrogens (tertiary/aromatic N) is 2. The summed E-state index contributed by atoms with van der Waals surface area (Å²) < 4.78 is 6.34. The molecule has 0 radical (unpaired) electrons. The standard InChI is InChI=1S/C16H11IN2O2S/c17-11-4-3-5-13(8-11)21-15(20)9-12-10-22-16(19-12)14-6-1-2-7-18-14/h1-8,10H,9H2. The second-order valence-electron chi connectivity index (χ2n) is 4.47. The van der Waals surface area contributed by atoms with Gasteiger partial charge in [-0.2, -0.15) is 0 Å². The van der Waals surface area contributed by atoms with Gasteiger partial charge in [0, 0.05) is 15.1 Å². The van der Waals surface area contributed by atoms with E-state index >= 15 is 0 Å². The number of rotatable bonds is 4. The second-order valence-corrected chi connectivity index (χ2v) is 6.57. The predicted octanol–water partition coefficient (Wildman–Crippen LogP) is 3.96. The number of carbonyl (C=O) groups is 1. The Balaban J connectivity index is 1.66. The van der Waals surface area contributed by atoms with Gasteiger partial charge in [0.25, 0.3) is 0 Å². The number of esters is 1. The van der Waals surface area contributed by atoms with Crippen LogP contribution in [0.2, 0.25) is 0 Å². The lowest BCUT2D eigenvalue weighted by Gasteiger charge is -2.03. The van der Waals surface area contributed by atoms with Crippen molar-refractivity contribution >= 4 is 39.9 Å². The lowest BCUT2D eigenvalue weighted by atomic mass is 10.3. The predicted molar refractivity (Wildman–Crippen MR) is 93.8 cm³/mol. The molecule has 0 amide bonds. The smallest absolute Gasteiger partial charge is 0.317 e. The number of benzene rings is 1. The molecule has 0 aliphatic carbocycles.